The second kappa shape index (κ2) is 11.4. The number of rotatable bonds is 4. The average Bonchev–Trinajstić information content (AvgIpc) is 2.82. The minimum Gasteiger partial charge on any atom is -0.392 e. The molecule has 5 aliphatic carbocycles. The summed E-state index contributed by atoms with van der Waals surface area (Å²) in [6, 6.07) is 0. The molecule has 5 unspecified atom stereocenters. The Hall–Kier alpha value is -1.23. The van der Waals surface area contributed by atoms with Crippen LogP contribution in [0.2, 0.25) is 0 Å². The van der Waals surface area contributed by atoms with E-state index in [1.807, 2.05) is 6.08 Å². The molecule has 3 N–H and O–H groups in total. The summed E-state index contributed by atoms with van der Waals surface area (Å²) in [5.41, 5.74) is 2.24. The van der Waals surface area contributed by atoms with Gasteiger partial charge in [0.2, 0.25) is 0 Å². The van der Waals surface area contributed by atoms with Gasteiger partial charge in [0.15, 0.2) is 0 Å². The van der Waals surface area contributed by atoms with Gasteiger partial charge in [0.1, 0.15) is 11.4 Å². The Morgan fingerprint density at radius 1 is 0.902 bits per heavy atom. The lowest BCUT2D eigenvalue weighted by Crippen LogP contribution is -2.56. The van der Waals surface area contributed by atoms with E-state index < -0.39 is 5.60 Å². The Morgan fingerprint density at radius 3 is 2.00 bits per heavy atom. The van der Waals surface area contributed by atoms with Crippen LogP contribution in [-0.4, -0.2) is 38.9 Å². The lowest BCUT2D eigenvalue weighted by Gasteiger charge is -2.61. The molecule has 9 atom stereocenters. The molecular weight excluding hydrogens is 508 g/mol. The molecule has 4 fully saturated rings. The summed E-state index contributed by atoms with van der Waals surface area (Å²) in [7, 11) is 0. The molecule has 4 heteroatoms. The van der Waals surface area contributed by atoms with Gasteiger partial charge in [-0.3, -0.25) is 0 Å². The van der Waals surface area contributed by atoms with Crippen LogP contribution in [0.1, 0.15) is 126 Å². The van der Waals surface area contributed by atoms with Gasteiger partial charge in [-0.15, -0.1) is 0 Å². The molecule has 0 bridgehead atoms. The number of ketones is 1. The fraction of sp³-hybridized carbons (Fsp3) is 0.811. The number of carbonyl (C=O) groups is 1. The second-order valence-electron chi connectivity index (χ2n) is 16.7. The van der Waals surface area contributed by atoms with Crippen molar-refractivity contribution in [1.82, 2.24) is 0 Å². The van der Waals surface area contributed by atoms with E-state index in [1.54, 1.807) is 13.0 Å². The van der Waals surface area contributed by atoms with Gasteiger partial charge in [0.05, 0.1) is 12.2 Å². The average molecular weight is 569 g/mol. The zero-order chi connectivity index (χ0) is 30.6. The number of carbonyl (C=O) groups excluding carboxylic acids is 1. The first-order valence-electron chi connectivity index (χ1n) is 16.5. The van der Waals surface area contributed by atoms with Crippen LogP contribution in [0.4, 0.5) is 0 Å². The van der Waals surface area contributed by atoms with Crippen LogP contribution in [0.15, 0.2) is 36.5 Å². The van der Waals surface area contributed by atoms with Gasteiger partial charge in [0, 0.05) is 6.42 Å². The summed E-state index contributed by atoms with van der Waals surface area (Å²) in [5.74, 6) is 1.87. The van der Waals surface area contributed by atoms with E-state index in [0.29, 0.717) is 36.5 Å². The van der Waals surface area contributed by atoms with Gasteiger partial charge < -0.3 is 20.1 Å². The zero-order valence-corrected chi connectivity index (χ0v) is 27.3. The van der Waals surface area contributed by atoms with E-state index in [1.165, 1.54) is 37.7 Å². The summed E-state index contributed by atoms with van der Waals surface area (Å²) in [6.07, 6.45) is 15.1. The molecule has 0 spiro atoms. The Bertz CT molecular complexity index is 1050. The third-order valence-corrected chi connectivity index (χ3v) is 12.8. The molecule has 5 aliphatic rings. The fourth-order valence-electron chi connectivity index (χ4n) is 11.4. The normalized spacial score (nSPS) is 44.6. The van der Waals surface area contributed by atoms with E-state index in [4.69, 9.17) is 0 Å². The molecule has 0 aromatic heterocycles. The van der Waals surface area contributed by atoms with Gasteiger partial charge >= 0.3 is 0 Å². The second-order valence-corrected chi connectivity index (χ2v) is 16.7. The minimum absolute atomic E-state index is 0.103. The zero-order valence-electron chi connectivity index (χ0n) is 27.3. The number of fused-ring (bicyclic) bond motifs is 4. The van der Waals surface area contributed by atoms with E-state index in [2.05, 4.69) is 54.7 Å². The van der Waals surface area contributed by atoms with Crippen molar-refractivity contribution in [2.75, 3.05) is 0 Å². The highest BCUT2D eigenvalue weighted by atomic mass is 16.3. The highest BCUT2D eigenvalue weighted by Gasteiger charge is 2.58. The molecule has 4 saturated carbocycles. The molecule has 0 aliphatic heterocycles. The molecular formula is C37H60O4. The summed E-state index contributed by atoms with van der Waals surface area (Å²) < 4.78 is 0. The van der Waals surface area contributed by atoms with Gasteiger partial charge in [-0.25, -0.2) is 0 Å². The third-order valence-electron chi connectivity index (χ3n) is 12.8. The Morgan fingerprint density at radius 2 is 1.44 bits per heavy atom. The predicted octanol–water partition coefficient (Wildman–Crippen LogP) is 7.96. The van der Waals surface area contributed by atoms with Gasteiger partial charge in [-0.1, -0.05) is 84.8 Å². The molecule has 0 aromatic carbocycles. The van der Waals surface area contributed by atoms with Crippen LogP contribution >= 0.6 is 0 Å². The minimum atomic E-state index is -0.862. The fourth-order valence-corrected chi connectivity index (χ4v) is 11.4. The van der Waals surface area contributed by atoms with E-state index in [-0.39, 0.29) is 39.7 Å². The summed E-state index contributed by atoms with van der Waals surface area (Å²) in [6.45, 7) is 23.7. The highest BCUT2D eigenvalue weighted by molar-refractivity contribution is 5.75. The third kappa shape index (κ3) is 5.96. The molecule has 4 nitrogen and oxygen atoms in total. The van der Waals surface area contributed by atoms with Crippen LogP contribution in [-0.2, 0) is 4.79 Å². The standard InChI is InChI=1S/C19H30O2.C18H30O2/c1-5-19(21)10-7-14-13(12-19)11-15(20)16-17(2,3)8-6-9-18(14,16)4;1-12-11-15(20)16-17(3,4)9-6-10-18(16,5)14(12)8-7-13(2)19/h5,12,14-16,20-21H,1,6-11H2,2-4H3;14-16,20H,1,6-11H2,2-5H3/t14-,15?,16?,18+,19-;14?,15?,16?,18-/m01/s1. The topological polar surface area (TPSA) is 77.8 Å². The Kier molecular flexibility index (Phi) is 9.06. The number of aliphatic hydroxyl groups excluding tert-OH is 2. The number of Topliss-reactive ketones (excluding diaryl/α,β-unsaturated/α-hetero) is 1. The quantitative estimate of drug-likeness (QED) is 0.301. The van der Waals surface area contributed by atoms with Crippen molar-refractivity contribution in [2.45, 2.75) is 143 Å². The monoisotopic (exact) mass is 568 g/mol. The highest BCUT2D eigenvalue weighted by Crippen LogP contribution is 2.64. The van der Waals surface area contributed by atoms with Crippen LogP contribution in [0.25, 0.3) is 0 Å². The van der Waals surface area contributed by atoms with E-state index in [0.717, 1.165) is 37.7 Å². The number of aliphatic hydroxyl groups is 3. The molecule has 0 amide bonds. The van der Waals surface area contributed by atoms with Gasteiger partial charge in [-0.05, 0) is 116 Å². The molecule has 0 radical (unpaired) electrons. The first kappa shape index (κ1) is 32.7. The van der Waals surface area contributed by atoms with Gasteiger partial charge in [-0.2, -0.15) is 0 Å². The van der Waals surface area contributed by atoms with Crippen molar-refractivity contribution in [2.24, 2.45) is 45.3 Å². The lowest BCUT2D eigenvalue weighted by atomic mass is 9.45. The predicted molar refractivity (Wildman–Crippen MR) is 168 cm³/mol. The van der Waals surface area contributed by atoms with Crippen molar-refractivity contribution in [3.05, 3.63) is 36.5 Å². The largest absolute Gasteiger partial charge is 0.392 e. The number of hydrogen-bond acceptors (Lipinski definition) is 4. The van der Waals surface area contributed by atoms with Crippen LogP contribution < -0.4 is 0 Å². The SMILES string of the molecule is C=C1CC(O)C2C(C)(C)CCC[C@]2(C)C1CCC(C)=O.C=C[C@@]1(O)C=C2CC(O)C3C(C)(C)CCC[C@]3(C)[C@H]2CC1. The number of hydrogen-bond donors (Lipinski definition) is 3. The summed E-state index contributed by atoms with van der Waals surface area (Å²) in [4.78, 5) is 11.4. The first-order valence-corrected chi connectivity index (χ1v) is 16.5. The van der Waals surface area contributed by atoms with Crippen LogP contribution in [0.5, 0.6) is 0 Å². The molecule has 41 heavy (non-hydrogen) atoms. The van der Waals surface area contributed by atoms with Crippen molar-refractivity contribution in [3.8, 4) is 0 Å². The molecule has 0 saturated heterocycles. The summed E-state index contributed by atoms with van der Waals surface area (Å²) in [5, 5.41) is 32.0. The molecule has 0 aromatic rings. The van der Waals surface area contributed by atoms with E-state index >= 15 is 0 Å². The summed E-state index contributed by atoms with van der Waals surface area (Å²) >= 11 is 0. The molecule has 5 rings (SSSR count). The van der Waals surface area contributed by atoms with Crippen LogP contribution in [0.3, 0.4) is 0 Å². The van der Waals surface area contributed by atoms with Crippen molar-refractivity contribution in [3.63, 3.8) is 0 Å². The smallest absolute Gasteiger partial charge is 0.129 e. The van der Waals surface area contributed by atoms with Crippen molar-refractivity contribution >= 4 is 5.78 Å². The van der Waals surface area contributed by atoms with Crippen molar-refractivity contribution in [1.29, 1.82) is 0 Å². The lowest BCUT2D eigenvalue weighted by molar-refractivity contribution is -0.126. The van der Waals surface area contributed by atoms with E-state index in [9.17, 15) is 20.1 Å². The van der Waals surface area contributed by atoms with Gasteiger partial charge in [0.25, 0.3) is 0 Å². The molecule has 0 heterocycles. The maximum Gasteiger partial charge on any atom is 0.129 e. The Balaban J connectivity index is 0.000000189. The maximum atomic E-state index is 11.4. The maximum absolute atomic E-state index is 11.4. The first-order chi connectivity index (χ1) is 18.9. The Labute approximate surface area is 250 Å². The van der Waals surface area contributed by atoms with Crippen molar-refractivity contribution < 1.29 is 20.1 Å². The molecule has 232 valence electrons. The van der Waals surface area contributed by atoms with Crippen LogP contribution in [0, 0.1) is 45.3 Å².